The van der Waals surface area contributed by atoms with Gasteiger partial charge in [0, 0.05) is 11.6 Å². The average Bonchev–Trinajstić information content (AvgIpc) is 2.88. The molecule has 0 radical (unpaired) electrons. The number of hydrogen-bond acceptors (Lipinski definition) is 4. The zero-order chi connectivity index (χ0) is 14.8. The Morgan fingerprint density at radius 3 is 2.60 bits per heavy atom. The molecule has 0 saturated carbocycles. The summed E-state index contributed by atoms with van der Waals surface area (Å²) in [6.07, 6.45) is 0. The van der Waals surface area contributed by atoms with Crippen molar-refractivity contribution >= 4 is 5.97 Å². The first kappa shape index (κ1) is 14.3. The van der Waals surface area contributed by atoms with E-state index in [1.165, 1.54) is 0 Å². The van der Waals surface area contributed by atoms with Crippen LogP contribution < -0.4 is 0 Å². The van der Waals surface area contributed by atoms with Crippen LogP contribution in [0.3, 0.4) is 0 Å². The van der Waals surface area contributed by atoms with Crippen molar-refractivity contribution in [2.45, 2.75) is 25.9 Å². The van der Waals surface area contributed by atoms with E-state index in [1.54, 1.807) is 25.8 Å². The summed E-state index contributed by atoms with van der Waals surface area (Å²) < 4.78 is 5.28. The fraction of sp³-hybridized carbons (Fsp3) is 0.333. The highest BCUT2D eigenvalue weighted by atomic mass is 16.5. The van der Waals surface area contributed by atoms with Gasteiger partial charge in [0.05, 0.1) is 6.54 Å². The number of carbonyl (C=O) groups is 1. The third-order valence-corrected chi connectivity index (χ3v) is 3.50. The van der Waals surface area contributed by atoms with Crippen LogP contribution in [0, 0.1) is 0 Å². The van der Waals surface area contributed by atoms with Crippen LogP contribution in [-0.2, 0) is 11.3 Å². The van der Waals surface area contributed by atoms with Gasteiger partial charge in [0.25, 0.3) is 0 Å². The molecule has 0 unspecified atom stereocenters. The highest BCUT2D eigenvalue weighted by molar-refractivity contribution is 5.77. The fourth-order valence-corrected chi connectivity index (χ4v) is 1.73. The number of aromatic nitrogens is 1. The van der Waals surface area contributed by atoms with E-state index in [-0.39, 0.29) is 0 Å². The first-order chi connectivity index (χ1) is 9.41. The van der Waals surface area contributed by atoms with Gasteiger partial charge in [0.15, 0.2) is 5.76 Å². The minimum Gasteiger partial charge on any atom is -0.480 e. The fourth-order valence-electron chi connectivity index (χ4n) is 1.73. The van der Waals surface area contributed by atoms with Gasteiger partial charge < -0.3 is 9.63 Å². The number of rotatable bonds is 5. The molecule has 1 N–H and O–H groups in total. The van der Waals surface area contributed by atoms with E-state index in [9.17, 15) is 9.90 Å². The van der Waals surface area contributed by atoms with Crippen molar-refractivity contribution in [2.24, 2.45) is 0 Å². The number of aliphatic carboxylic acids is 1. The molecule has 0 saturated heterocycles. The molecule has 2 aromatic rings. The van der Waals surface area contributed by atoms with Gasteiger partial charge in [-0.2, -0.15) is 0 Å². The van der Waals surface area contributed by atoms with Crippen LogP contribution in [0.2, 0.25) is 0 Å². The maximum Gasteiger partial charge on any atom is 0.323 e. The number of likely N-dealkylation sites (N-methyl/N-ethyl adjacent to an activating group) is 1. The highest BCUT2D eigenvalue weighted by Gasteiger charge is 2.32. The number of benzene rings is 1. The van der Waals surface area contributed by atoms with E-state index in [0.29, 0.717) is 12.3 Å². The number of carboxylic acid groups (broad SMARTS) is 1. The van der Waals surface area contributed by atoms with E-state index >= 15 is 0 Å². The molecular weight excluding hydrogens is 256 g/mol. The second-order valence-electron chi connectivity index (χ2n) is 5.26. The Bertz CT molecular complexity index is 590. The zero-order valence-electron chi connectivity index (χ0n) is 11.8. The number of carboxylic acids is 1. The van der Waals surface area contributed by atoms with Crippen molar-refractivity contribution in [3.8, 4) is 11.3 Å². The van der Waals surface area contributed by atoms with Gasteiger partial charge in [-0.25, -0.2) is 0 Å². The normalized spacial score (nSPS) is 11.8. The first-order valence-electron chi connectivity index (χ1n) is 6.37. The predicted molar refractivity (Wildman–Crippen MR) is 75.1 cm³/mol. The molecule has 5 nitrogen and oxygen atoms in total. The Morgan fingerprint density at radius 1 is 1.35 bits per heavy atom. The molecule has 1 heterocycles. The van der Waals surface area contributed by atoms with E-state index in [0.717, 1.165) is 11.3 Å². The molecule has 1 aromatic carbocycles. The second kappa shape index (κ2) is 5.46. The lowest BCUT2D eigenvalue weighted by molar-refractivity contribution is -0.148. The van der Waals surface area contributed by atoms with Gasteiger partial charge in [0.2, 0.25) is 0 Å². The lowest BCUT2D eigenvalue weighted by Gasteiger charge is -2.30. The van der Waals surface area contributed by atoms with Crippen LogP contribution in [0.25, 0.3) is 11.3 Å². The number of hydrogen-bond donors (Lipinski definition) is 1. The molecule has 0 bridgehead atoms. The van der Waals surface area contributed by atoms with Crippen molar-refractivity contribution in [1.29, 1.82) is 0 Å². The molecule has 0 aliphatic rings. The molecule has 5 heteroatoms. The van der Waals surface area contributed by atoms with Crippen LogP contribution >= 0.6 is 0 Å². The Kier molecular flexibility index (Phi) is 3.90. The molecule has 0 aliphatic carbocycles. The zero-order valence-corrected chi connectivity index (χ0v) is 11.8. The van der Waals surface area contributed by atoms with Gasteiger partial charge >= 0.3 is 5.97 Å². The smallest absolute Gasteiger partial charge is 0.323 e. The van der Waals surface area contributed by atoms with Crippen molar-refractivity contribution in [1.82, 2.24) is 10.1 Å². The Balaban J connectivity index is 2.13. The van der Waals surface area contributed by atoms with E-state index < -0.39 is 11.5 Å². The van der Waals surface area contributed by atoms with Crippen molar-refractivity contribution in [2.75, 3.05) is 7.05 Å². The average molecular weight is 274 g/mol. The summed E-state index contributed by atoms with van der Waals surface area (Å²) in [5.74, 6) is -0.233. The molecule has 106 valence electrons. The lowest BCUT2D eigenvalue weighted by Crippen LogP contribution is -2.47. The van der Waals surface area contributed by atoms with Crippen LogP contribution in [0.1, 0.15) is 19.6 Å². The van der Waals surface area contributed by atoms with E-state index in [2.05, 4.69) is 5.16 Å². The Hall–Kier alpha value is -2.14. The molecule has 20 heavy (non-hydrogen) atoms. The monoisotopic (exact) mass is 274 g/mol. The van der Waals surface area contributed by atoms with Crippen LogP contribution in [-0.4, -0.2) is 33.7 Å². The predicted octanol–water partition coefficient (Wildman–Crippen LogP) is 2.64. The van der Waals surface area contributed by atoms with Crippen molar-refractivity contribution < 1.29 is 14.4 Å². The van der Waals surface area contributed by atoms with Gasteiger partial charge in [-0.3, -0.25) is 9.69 Å². The quantitative estimate of drug-likeness (QED) is 0.907. The molecule has 0 atom stereocenters. The minimum atomic E-state index is -0.959. The van der Waals surface area contributed by atoms with E-state index in [1.807, 2.05) is 36.4 Å². The first-order valence-corrected chi connectivity index (χ1v) is 6.37. The SMILES string of the molecule is CN(Cc1cc(-c2ccccc2)no1)C(C)(C)C(=O)O. The summed E-state index contributed by atoms with van der Waals surface area (Å²) in [4.78, 5) is 12.9. The maximum absolute atomic E-state index is 11.2. The van der Waals surface area contributed by atoms with Crippen molar-refractivity contribution in [3.63, 3.8) is 0 Å². The Labute approximate surface area is 117 Å². The summed E-state index contributed by atoms with van der Waals surface area (Å²) in [6, 6.07) is 11.5. The van der Waals surface area contributed by atoms with E-state index in [4.69, 9.17) is 4.52 Å². The standard InChI is InChI=1S/C15H18N2O3/c1-15(2,14(18)19)17(3)10-12-9-13(16-20-12)11-7-5-4-6-8-11/h4-9H,10H2,1-3H3,(H,18,19). The second-order valence-corrected chi connectivity index (χ2v) is 5.26. The van der Waals surface area contributed by atoms with Crippen molar-refractivity contribution in [3.05, 3.63) is 42.2 Å². The van der Waals surface area contributed by atoms with Gasteiger partial charge in [-0.05, 0) is 20.9 Å². The highest BCUT2D eigenvalue weighted by Crippen LogP contribution is 2.21. The van der Waals surface area contributed by atoms with Gasteiger partial charge in [-0.1, -0.05) is 35.5 Å². The van der Waals surface area contributed by atoms with Gasteiger partial charge in [-0.15, -0.1) is 0 Å². The molecule has 2 rings (SSSR count). The summed E-state index contributed by atoms with van der Waals surface area (Å²) in [5, 5.41) is 13.2. The van der Waals surface area contributed by atoms with Crippen LogP contribution in [0.4, 0.5) is 0 Å². The molecular formula is C15H18N2O3. The largest absolute Gasteiger partial charge is 0.480 e. The van der Waals surface area contributed by atoms with Crippen LogP contribution in [0.15, 0.2) is 40.9 Å². The lowest BCUT2D eigenvalue weighted by atomic mass is 10.0. The Morgan fingerprint density at radius 2 is 2.00 bits per heavy atom. The molecule has 1 aromatic heterocycles. The molecule has 0 amide bonds. The van der Waals surface area contributed by atoms with Crippen LogP contribution in [0.5, 0.6) is 0 Å². The summed E-state index contributed by atoms with van der Waals surface area (Å²) in [6.45, 7) is 3.70. The third kappa shape index (κ3) is 2.88. The minimum absolute atomic E-state index is 0.388. The molecule has 0 spiro atoms. The summed E-state index contributed by atoms with van der Waals surface area (Å²) >= 11 is 0. The molecule has 0 aliphatic heterocycles. The number of nitrogens with zero attached hydrogens (tertiary/aromatic N) is 2. The molecule has 0 fully saturated rings. The van der Waals surface area contributed by atoms with Gasteiger partial charge in [0.1, 0.15) is 11.2 Å². The summed E-state index contributed by atoms with van der Waals surface area (Å²) in [5.41, 5.74) is 0.768. The summed E-state index contributed by atoms with van der Waals surface area (Å²) in [7, 11) is 1.75. The maximum atomic E-state index is 11.2. The third-order valence-electron chi connectivity index (χ3n) is 3.50. The topological polar surface area (TPSA) is 66.6 Å².